The van der Waals surface area contributed by atoms with Crippen molar-refractivity contribution in [2.45, 2.75) is 76.2 Å². The summed E-state index contributed by atoms with van der Waals surface area (Å²) in [6.07, 6.45) is 5.29. The number of unbranched alkanes of at least 4 members (excludes halogenated alkanes) is 6. The second-order valence-corrected chi connectivity index (χ2v) is 5.91. The zero-order valence-electron chi connectivity index (χ0n) is 12.6. The van der Waals surface area contributed by atoms with E-state index in [4.69, 9.17) is 0 Å². The number of hydrogen-bond donors (Lipinski definition) is 4. The summed E-state index contributed by atoms with van der Waals surface area (Å²) in [7, 11) is 0. The van der Waals surface area contributed by atoms with E-state index in [-0.39, 0.29) is 6.61 Å². The SMILES string of the molecule is CCCCCCCCCN1C[C@H](O)[C@H](O)[C@H](O)[C@H]1CO. The third kappa shape index (κ3) is 5.30. The Bertz CT molecular complexity index is 252. The maximum absolute atomic E-state index is 9.87. The molecule has 1 saturated heterocycles. The zero-order chi connectivity index (χ0) is 15.0. The van der Waals surface area contributed by atoms with Crippen molar-refractivity contribution in [2.24, 2.45) is 0 Å². The molecular weight excluding hydrogens is 258 g/mol. The topological polar surface area (TPSA) is 84.2 Å². The van der Waals surface area contributed by atoms with Gasteiger partial charge in [0.05, 0.1) is 18.8 Å². The molecule has 0 unspecified atom stereocenters. The summed E-state index contributed by atoms with van der Waals surface area (Å²) in [4.78, 5) is 1.90. The minimum absolute atomic E-state index is 0.193. The first-order chi connectivity index (χ1) is 9.61. The van der Waals surface area contributed by atoms with Crippen LogP contribution in [0.1, 0.15) is 51.9 Å². The number of aliphatic hydroxyl groups is 4. The van der Waals surface area contributed by atoms with Gasteiger partial charge in [-0.25, -0.2) is 0 Å². The van der Waals surface area contributed by atoms with E-state index in [1.807, 2.05) is 4.90 Å². The largest absolute Gasteiger partial charge is 0.395 e. The van der Waals surface area contributed by atoms with Crippen LogP contribution in [0, 0.1) is 0 Å². The molecule has 0 aromatic rings. The summed E-state index contributed by atoms with van der Waals surface area (Å²) < 4.78 is 0. The Labute approximate surface area is 122 Å². The van der Waals surface area contributed by atoms with Crippen LogP contribution in [0.3, 0.4) is 0 Å². The van der Waals surface area contributed by atoms with Gasteiger partial charge in [-0.2, -0.15) is 0 Å². The van der Waals surface area contributed by atoms with Gasteiger partial charge in [-0.15, -0.1) is 0 Å². The van der Waals surface area contributed by atoms with Gasteiger partial charge in [0, 0.05) is 6.54 Å². The highest BCUT2D eigenvalue weighted by Gasteiger charge is 2.40. The zero-order valence-corrected chi connectivity index (χ0v) is 12.6. The van der Waals surface area contributed by atoms with Crippen molar-refractivity contribution >= 4 is 0 Å². The van der Waals surface area contributed by atoms with E-state index in [1.54, 1.807) is 0 Å². The number of β-amino-alcohol motifs (C(OH)–C–C–N with tert-alkyl or cyclic N) is 1. The van der Waals surface area contributed by atoms with Crippen molar-refractivity contribution < 1.29 is 20.4 Å². The fraction of sp³-hybridized carbons (Fsp3) is 1.00. The molecular formula is C15H31NO4. The van der Waals surface area contributed by atoms with Gasteiger partial charge in [0.15, 0.2) is 0 Å². The van der Waals surface area contributed by atoms with Crippen LogP contribution in [0.2, 0.25) is 0 Å². The molecule has 0 aromatic carbocycles. The minimum Gasteiger partial charge on any atom is -0.395 e. The molecule has 0 amide bonds. The van der Waals surface area contributed by atoms with E-state index >= 15 is 0 Å². The molecule has 20 heavy (non-hydrogen) atoms. The van der Waals surface area contributed by atoms with E-state index in [0.717, 1.165) is 19.4 Å². The van der Waals surface area contributed by atoms with Gasteiger partial charge in [0.2, 0.25) is 0 Å². The van der Waals surface area contributed by atoms with Crippen LogP contribution < -0.4 is 0 Å². The fourth-order valence-corrected chi connectivity index (χ4v) is 2.91. The van der Waals surface area contributed by atoms with Gasteiger partial charge in [0.25, 0.3) is 0 Å². The van der Waals surface area contributed by atoms with Crippen molar-refractivity contribution in [1.29, 1.82) is 0 Å². The summed E-state index contributed by atoms with van der Waals surface area (Å²) in [6.45, 7) is 3.08. The van der Waals surface area contributed by atoms with Crippen molar-refractivity contribution in [3.05, 3.63) is 0 Å². The van der Waals surface area contributed by atoms with E-state index in [9.17, 15) is 20.4 Å². The Morgan fingerprint density at radius 2 is 1.50 bits per heavy atom. The summed E-state index contributed by atoms with van der Waals surface area (Å²) in [5.74, 6) is 0. The Morgan fingerprint density at radius 1 is 0.900 bits per heavy atom. The Hall–Kier alpha value is -0.200. The molecule has 5 nitrogen and oxygen atoms in total. The molecule has 0 aromatic heterocycles. The quantitative estimate of drug-likeness (QED) is 0.465. The monoisotopic (exact) mass is 289 g/mol. The molecule has 4 atom stereocenters. The second-order valence-electron chi connectivity index (χ2n) is 5.91. The lowest BCUT2D eigenvalue weighted by Gasteiger charge is -2.43. The first-order valence-corrected chi connectivity index (χ1v) is 8.01. The van der Waals surface area contributed by atoms with Crippen molar-refractivity contribution in [3.8, 4) is 0 Å². The van der Waals surface area contributed by atoms with E-state index in [2.05, 4.69) is 6.92 Å². The molecule has 1 heterocycles. The Balaban J connectivity index is 2.24. The maximum atomic E-state index is 9.87. The second kappa shape index (κ2) is 9.68. The molecule has 1 fully saturated rings. The van der Waals surface area contributed by atoms with Gasteiger partial charge in [-0.3, -0.25) is 4.90 Å². The van der Waals surface area contributed by atoms with Gasteiger partial charge < -0.3 is 20.4 Å². The average Bonchev–Trinajstić information content (AvgIpc) is 2.44. The molecule has 0 saturated carbocycles. The average molecular weight is 289 g/mol. The van der Waals surface area contributed by atoms with E-state index in [1.165, 1.54) is 32.1 Å². The fourth-order valence-electron chi connectivity index (χ4n) is 2.91. The highest BCUT2D eigenvalue weighted by atomic mass is 16.4. The van der Waals surface area contributed by atoms with Gasteiger partial charge in [0.1, 0.15) is 12.2 Å². The molecule has 1 aliphatic rings. The molecule has 0 spiro atoms. The predicted octanol–water partition coefficient (Wildman–Crippen LogP) is 0.496. The van der Waals surface area contributed by atoms with E-state index in [0.29, 0.717) is 6.54 Å². The smallest absolute Gasteiger partial charge is 0.109 e. The molecule has 5 heteroatoms. The van der Waals surface area contributed by atoms with Crippen LogP contribution >= 0.6 is 0 Å². The Kier molecular flexibility index (Phi) is 8.64. The lowest BCUT2D eigenvalue weighted by Crippen LogP contribution is -2.62. The third-order valence-electron chi connectivity index (χ3n) is 4.26. The van der Waals surface area contributed by atoms with Crippen molar-refractivity contribution in [3.63, 3.8) is 0 Å². The van der Waals surface area contributed by atoms with Crippen molar-refractivity contribution in [1.82, 2.24) is 4.90 Å². The normalized spacial score (nSPS) is 31.6. The van der Waals surface area contributed by atoms with Crippen LogP contribution in [-0.4, -0.2) is 69.4 Å². The first kappa shape index (κ1) is 17.9. The summed E-state index contributed by atoms with van der Waals surface area (Å²) in [5.41, 5.74) is 0. The van der Waals surface area contributed by atoms with Crippen molar-refractivity contribution in [2.75, 3.05) is 19.7 Å². The van der Waals surface area contributed by atoms with Gasteiger partial charge in [-0.1, -0.05) is 45.4 Å². The number of hydrogen-bond acceptors (Lipinski definition) is 5. The number of rotatable bonds is 9. The first-order valence-electron chi connectivity index (χ1n) is 8.01. The maximum Gasteiger partial charge on any atom is 0.109 e. The van der Waals surface area contributed by atoms with E-state index < -0.39 is 24.4 Å². The van der Waals surface area contributed by atoms with Crippen LogP contribution in [0.5, 0.6) is 0 Å². The van der Waals surface area contributed by atoms with Crippen LogP contribution in [0.25, 0.3) is 0 Å². The molecule has 4 N–H and O–H groups in total. The number of piperidine rings is 1. The lowest BCUT2D eigenvalue weighted by molar-refractivity contribution is -0.145. The molecule has 0 bridgehead atoms. The third-order valence-corrected chi connectivity index (χ3v) is 4.26. The summed E-state index contributed by atoms with van der Waals surface area (Å²) in [6, 6.07) is -0.464. The summed E-state index contributed by atoms with van der Waals surface area (Å²) >= 11 is 0. The molecule has 0 aliphatic carbocycles. The Morgan fingerprint density at radius 3 is 2.10 bits per heavy atom. The number of likely N-dealkylation sites (tertiary alicyclic amines) is 1. The molecule has 0 radical (unpaired) electrons. The molecule has 1 aliphatic heterocycles. The molecule has 120 valence electrons. The van der Waals surface area contributed by atoms with Gasteiger partial charge >= 0.3 is 0 Å². The van der Waals surface area contributed by atoms with Crippen LogP contribution in [0.15, 0.2) is 0 Å². The highest BCUT2D eigenvalue weighted by molar-refractivity contribution is 4.93. The molecule has 1 rings (SSSR count). The highest BCUT2D eigenvalue weighted by Crippen LogP contribution is 2.19. The standard InChI is InChI=1S/C15H31NO4/c1-2-3-4-5-6-7-8-9-16-10-13(18)15(20)14(19)12(16)11-17/h12-15,17-20H,2-11H2,1H3/t12-,13+,14-,15+/m1/s1. The van der Waals surface area contributed by atoms with Crippen LogP contribution in [0.4, 0.5) is 0 Å². The summed E-state index contributed by atoms with van der Waals surface area (Å²) in [5, 5.41) is 38.5. The predicted molar refractivity (Wildman–Crippen MR) is 78.5 cm³/mol. The van der Waals surface area contributed by atoms with Gasteiger partial charge in [-0.05, 0) is 13.0 Å². The number of aliphatic hydroxyl groups excluding tert-OH is 4. The lowest BCUT2D eigenvalue weighted by atomic mass is 9.94. The number of nitrogens with zero attached hydrogens (tertiary/aromatic N) is 1. The minimum atomic E-state index is -1.16. The van der Waals surface area contributed by atoms with Crippen LogP contribution in [-0.2, 0) is 0 Å².